The highest BCUT2D eigenvalue weighted by Gasteiger charge is 2.08. The predicted octanol–water partition coefficient (Wildman–Crippen LogP) is 1.45. The molecule has 0 bridgehead atoms. The quantitative estimate of drug-likeness (QED) is 0.781. The number of hydrogen-bond donors (Lipinski definition) is 1. The van der Waals surface area contributed by atoms with E-state index in [-0.39, 0.29) is 0 Å². The second-order valence-corrected chi connectivity index (χ2v) is 3.56. The molecule has 1 amide bonds. The Morgan fingerprint density at radius 1 is 1.50 bits per heavy atom. The molecule has 4 heteroatoms. The van der Waals surface area contributed by atoms with Gasteiger partial charge in [-0.2, -0.15) is 5.26 Å². The number of ether oxygens (including phenoxy) is 1. The molecule has 0 aliphatic carbocycles. The number of benzene rings is 1. The monoisotopic (exact) mass is 218 g/mol. The number of nitriles is 1. The summed E-state index contributed by atoms with van der Waals surface area (Å²) in [5, 5.41) is 10.9. The number of rotatable bonds is 3. The van der Waals surface area contributed by atoms with Gasteiger partial charge < -0.3 is 10.1 Å². The molecular weight excluding hydrogens is 204 g/mol. The first-order valence-corrected chi connectivity index (χ1v) is 4.90. The molecule has 0 aliphatic heterocycles. The van der Waals surface area contributed by atoms with Crippen molar-refractivity contribution in [2.75, 3.05) is 7.11 Å². The summed E-state index contributed by atoms with van der Waals surface area (Å²) < 4.78 is 5.24. The number of carbonyl (C=O) groups excluding carboxylic acids is 1. The van der Waals surface area contributed by atoms with Gasteiger partial charge >= 0.3 is 5.91 Å². The van der Waals surface area contributed by atoms with E-state index in [0.29, 0.717) is 6.54 Å². The molecule has 0 aromatic heterocycles. The average Bonchev–Trinajstić information content (AvgIpc) is 2.26. The fourth-order valence-electron chi connectivity index (χ4n) is 1.58. The molecule has 0 heterocycles. The summed E-state index contributed by atoms with van der Waals surface area (Å²) in [5.74, 6) is 0.0952. The van der Waals surface area contributed by atoms with Crippen LogP contribution in [0.1, 0.15) is 16.7 Å². The molecule has 0 atom stereocenters. The Hall–Kier alpha value is -2.02. The van der Waals surface area contributed by atoms with Crippen LogP contribution >= 0.6 is 0 Å². The largest absolute Gasteiger partial charge is 0.496 e. The van der Waals surface area contributed by atoms with Crippen LogP contribution in [0, 0.1) is 25.2 Å². The maximum Gasteiger partial charge on any atom is 0.322 e. The Bertz CT molecular complexity index is 447. The van der Waals surface area contributed by atoms with Crippen LogP contribution in [0.4, 0.5) is 0 Å². The van der Waals surface area contributed by atoms with Crippen LogP contribution in [0.25, 0.3) is 0 Å². The summed E-state index contributed by atoms with van der Waals surface area (Å²) >= 11 is 0. The SMILES string of the molecule is COc1cc(C)cc(C)c1CNC(=O)C#N. The van der Waals surface area contributed by atoms with E-state index in [2.05, 4.69) is 5.32 Å². The van der Waals surface area contributed by atoms with E-state index in [4.69, 9.17) is 10.00 Å². The summed E-state index contributed by atoms with van der Waals surface area (Å²) in [6.45, 7) is 4.23. The minimum atomic E-state index is -0.637. The molecule has 0 unspecified atom stereocenters. The number of hydrogen-bond acceptors (Lipinski definition) is 3. The van der Waals surface area contributed by atoms with Gasteiger partial charge in [-0.05, 0) is 31.0 Å². The van der Waals surface area contributed by atoms with Crippen LogP contribution in [0.2, 0.25) is 0 Å². The first-order valence-electron chi connectivity index (χ1n) is 4.90. The summed E-state index contributed by atoms with van der Waals surface area (Å²) in [6.07, 6.45) is 0. The molecule has 1 aromatic carbocycles. The van der Waals surface area contributed by atoms with Gasteiger partial charge in [-0.3, -0.25) is 4.79 Å². The summed E-state index contributed by atoms with van der Waals surface area (Å²) in [7, 11) is 1.59. The molecule has 0 aliphatic rings. The molecule has 1 N–H and O–H groups in total. The van der Waals surface area contributed by atoms with Gasteiger partial charge in [0.1, 0.15) is 5.75 Å². The zero-order valence-corrected chi connectivity index (χ0v) is 9.63. The third-order valence-corrected chi connectivity index (χ3v) is 2.32. The molecule has 0 fully saturated rings. The van der Waals surface area contributed by atoms with Crippen molar-refractivity contribution in [3.8, 4) is 11.8 Å². The molecule has 0 saturated heterocycles. The third-order valence-electron chi connectivity index (χ3n) is 2.32. The third kappa shape index (κ3) is 2.74. The van der Waals surface area contributed by atoms with Crippen molar-refractivity contribution in [2.24, 2.45) is 0 Å². The van der Waals surface area contributed by atoms with Gasteiger partial charge in [0, 0.05) is 12.1 Å². The van der Waals surface area contributed by atoms with Crippen molar-refractivity contribution in [3.63, 3.8) is 0 Å². The summed E-state index contributed by atoms with van der Waals surface area (Å²) in [4.78, 5) is 10.8. The van der Waals surface area contributed by atoms with Crippen molar-refractivity contribution in [3.05, 3.63) is 28.8 Å². The van der Waals surface area contributed by atoms with Crippen molar-refractivity contribution >= 4 is 5.91 Å². The summed E-state index contributed by atoms with van der Waals surface area (Å²) in [6, 6.07) is 5.43. The Balaban J connectivity index is 2.95. The zero-order valence-electron chi connectivity index (χ0n) is 9.63. The topological polar surface area (TPSA) is 62.1 Å². The lowest BCUT2D eigenvalue weighted by Crippen LogP contribution is -2.21. The van der Waals surface area contributed by atoms with E-state index in [9.17, 15) is 4.79 Å². The Morgan fingerprint density at radius 3 is 2.75 bits per heavy atom. The first-order chi connectivity index (χ1) is 7.58. The number of carbonyl (C=O) groups is 1. The number of aryl methyl sites for hydroxylation is 2. The predicted molar refractivity (Wildman–Crippen MR) is 59.9 cm³/mol. The number of nitrogens with one attached hydrogen (secondary N) is 1. The average molecular weight is 218 g/mol. The highest BCUT2D eigenvalue weighted by molar-refractivity contribution is 5.91. The number of methoxy groups -OCH3 is 1. The fraction of sp³-hybridized carbons (Fsp3) is 0.333. The molecule has 0 saturated carbocycles. The van der Waals surface area contributed by atoms with Crippen molar-refractivity contribution < 1.29 is 9.53 Å². The lowest BCUT2D eigenvalue weighted by atomic mass is 10.0. The van der Waals surface area contributed by atoms with Crippen molar-refractivity contribution in [2.45, 2.75) is 20.4 Å². The second kappa shape index (κ2) is 5.17. The van der Waals surface area contributed by atoms with Gasteiger partial charge in [0.2, 0.25) is 0 Å². The maximum atomic E-state index is 10.8. The van der Waals surface area contributed by atoms with Crippen LogP contribution in [0.15, 0.2) is 12.1 Å². The van der Waals surface area contributed by atoms with E-state index >= 15 is 0 Å². The van der Waals surface area contributed by atoms with E-state index < -0.39 is 5.91 Å². The molecule has 1 aromatic rings. The maximum absolute atomic E-state index is 10.8. The molecule has 0 spiro atoms. The van der Waals surface area contributed by atoms with Crippen LogP contribution in [-0.2, 0) is 11.3 Å². The zero-order chi connectivity index (χ0) is 12.1. The van der Waals surface area contributed by atoms with Gasteiger partial charge in [-0.25, -0.2) is 0 Å². The van der Waals surface area contributed by atoms with Gasteiger partial charge in [0.15, 0.2) is 6.07 Å². The highest BCUT2D eigenvalue weighted by atomic mass is 16.5. The normalized spacial score (nSPS) is 9.38. The lowest BCUT2D eigenvalue weighted by Gasteiger charge is -2.12. The van der Waals surface area contributed by atoms with E-state index in [1.165, 1.54) is 6.07 Å². The smallest absolute Gasteiger partial charge is 0.322 e. The fourth-order valence-corrected chi connectivity index (χ4v) is 1.58. The van der Waals surface area contributed by atoms with E-state index in [1.807, 2.05) is 26.0 Å². The molecule has 16 heavy (non-hydrogen) atoms. The van der Waals surface area contributed by atoms with E-state index in [1.54, 1.807) is 7.11 Å². The number of nitrogens with zero attached hydrogens (tertiary/aromatic N) is 1. The van der Waals surface area contributed by atoms with Crippen molar-refractivity contribution in [1.29, 1.82) is 5.26 Å². The Morgan fingerprint density at radius 2 is 2.19 bits per heavy atom. The van der Waals surface area contributed by atoms with E-state index in [0.717, 1.165) is 22.4 Å². The second-order valence-electron chi connectivity index (χ2n) is 3.56. The molecule has 0 radical (unpaired) electrons. The Kier molecular flexibility index (Phi) is 3.90. The van der Waals surface area contributed by atoms with Crippen LogP contribution in [0.3, 0.4) is 0 Å². The summed E-state index contributed by atoms with van der Waals surface area (Å²) in [5.41, 5.74) is 3.04. The van der Waals surface area contributed by atoms with Crippen LogP contribution < -0.4 is 10.1 Å². The van der Waals surface area contributed by atoms with Gasteiger partial charge in [0.25, 0.3) is 0 Å². The molecular formula is C12H14N2O2. The van der Waals surface area contributed by atoms with Gasteiger partial charge in [0.05, 0.1) is 7.11 Å². The van der Waals surface area contributed by atoms with Crippen LogP contribution in [0.5, 0.6) is 5.75 Å². The molecule has 84 valence electrons. The highest BCUT2D eigenvalue weighted by Crippen LogP contribution is 2.23. The lowest BCUT2D eigenvalue weighted by molar-refractivity contribution is -0.116. The molecule has 1 rings (SSSR count). The first kappa shape index (κ1) is 12.1. The minimum Gasteiger partial charge on any atom is -0.496 e. The van der Waals surface area contributed by atoms with Crippen LogP contribution in [-0.4, -0.2) is 13.0 Å². The van der Waals surface area contributed by atoms with Gasteiger partial charge in [-0.1, -0.05) is 6.07 Å². The minimum absolute atomic E-state index is 0.307. The van der Waals surface area contributed by atoms with Crippen molar-refractivity contribution in [1.82, 2.24) is 5.32 Å². The standard InChI is InChI=1S/C12H14N2O2/c1-8-4-9(2)10(11(5-8)16-3)7-14-12(15)6-13/h4-5H,7H2,1-3H3,(H,14,15). The van der Waals surface area contributed by atoms with Gasteiger partial charge in [-0.15, -0.1) is 0 Å². The molecule has 4 nitrogen and oxygen atoms in total. The number of amides is 1. The Labute approximate surface area is 94.8 Å².